The third-order valence-corrected chi connectivity index (χ3v) is 4.80. The Morgan fingerprint density at radius 1 is 1.50 bits per heavy atom. The molecule has 20 heavy (non-hydrogen) atoms. The van der Waals surface area contributed by atoms with Crippen molar-refractivity contribution in [2.24, 2.45) is 5.92 Å². The zero-order valence-electron chi connectivity index (χ0n) is 11.7. The van der Waals surface area contributed by atoms with Gasteiger partial charge in [0.2, 0.25) is 5.72 Å². The van der Waals surface area contributed by atoms with Crippen LogP contribution >= 0.6 is 15.9 Å². The fourth-order valence-electron chi connectivity index (χ4n) is 3.30. The fraction of sp³-hybridized carbons (Fsp3) is 0.533. The van der Waals surface area contributed by atoms with E-state index in [0.717, 1.165) is 41.7 Å². The van der Waals surface area contributed by atoms with E-state index in [-0.39, 0.29) is 5.91 Å². The molecule has 1 amide bonds. The summed E-state index contributed by atoms with van der Waals surface area (Å²) >= 11 is 3.45. The molecule has 0 radical (unpaired) electrons. The van der Waals surface area contributed by atoms with Crippen LogP contribution in [-0.4, -0.2) is 29.0 Å². The number of hydrogen-bond acceptors (Lipinski definition) is 3. The molecule has 2 heterocycles. The van der Waals surface area contributed by atoms with Gasteiger partial charge in [0.15, 0.2) is 0 Å². The van der Waals surface area contributed by atoms with Crippen LogP contribution < -0.4 is 5.32 Å². The number of carbonyl (C=O) groups excluding carboxylic acids is 1. The maximum atomic E-state index is 12.4. The van der Waals surface area contributed by atoms with E-state index in [9.17, 15) is 9.90 Å². The summed E-state index contributed by atoms with van der Waals surface area (Å²) in [6.07, 6.45) is 2.16. The molecule has 1 aromatic carbocycles. The second-order valence-electron chi connectivity index (χ2n) is 5.97. The normalized spacial score (nSPS) is 30.2. The quantitative estimate of drug-likeness (QED) is 0.827. The first-order valence-electron chi connectivity index (χ1n) is 7.02. The zero-order valence-corrected chi connectivity index (χ0v) is 13.3. The number of anilines is 1. The highest BCUT2D eigenvalue weighted by Gasteiger charge is 2.51. The van der Waals surface area contributed by atoms with Crippen LogP contribution in [0.3, 0.4) is 0 Å². The van der Waals surface area contributed by atoms with Gasteiger partial charge in [0, 0.05) is 23.1 Å². The standard InChI is InChI=1S/C15H19BrN2O2/c1-9-4-3-5-18(8-9)15(20)12-7-11(16)6-10(2)13(12)17-14(15)19/h6-7,9,20H,3-5,8H2,1-2H3,(H,17,19)/t9-,15-/m1/s1. The average Bonchev–Trinajstić information content (AvgIpc) is 2.64. The lowest BCUT2D eigenvalue weighted by atomic mass is 9.94. The summed E-state index contributed by atoms with van der Waals surface area (Å²) in [5.41, 5.74) is 0.851. The minimum Gasteiger partial charge on any atom is -0.364 e. The van der Waals surface area contributed by atoms with Crippen molar-refractivity contribution >= 4 is 27.5 Å². The SMILES string of the molecule is Cc1cc(Br)cc2c1NC(=O)[C@@]2(O)N1CCC[C@@H](C)C1. The van der Waals surface area contributed by atoms with Crippen LogP contribution in [0, 0.1) is 12.8 Å². The van der Waals surface area contributed by atoms with Crippen molar-refractivity contribution < 1.29 is 9.90 Å². The fourth-order valence-corrected chi connectivity index (χ4v) is 3.88. The molecular weight excluding hydrogens is 320 g/mol. The van der Waals surface area contributed by atoms with Gasteiger partial charge in [-0.1, -0.05) is 22.9 Å². The van der Waals surface area contributed by atoms with Gasteiger partial charge in [-0.3, -0.25) is 9.69 Å². The smallest absolute Gasteiger partial charge is 0.276 e. The molecule has 0 aromatic heterocycles. The molecule has 0 saturated carbocycles. The van der Waals surface area contributed by atoms with Gasteiger partial charge >= 0.3 is 0 Å². The number of aryl methyl sites for hydroxylation is 1. The third kappa shape index (κ3) is 2.00. The van der Waals surface area contributed by atoms with Crippen LogP contribution in [0.1, 0.15) is 30.9 Å². The van der Waals surface area contributed by atoms with Crippen molar-refractivity contribution in [3.63, 3.8) is 0 Å². The molecule has 0 bridgehead atoms. The highest BCUT2D eigenvalue weighted by atomic mass is 79.9. The Morgan fingerprint density at radius 3 is 2.95 bits per heavy atom. The van der Waals surface area contributed by atoms with Crippen LogP contribution in [0.15, 0.2) is 16.6 Å². The number of rotatable bonds is 1. The van der Waals surface area contributed by atoms with E-state index in [1.54, 1.807) is 0 Å². The van der Waals surface area contributed by atoms with Gasteiger partial charge in [-0.05, 0) is 43.4 Å². The van der Waals surface area contributed by atoms with Gasteiger partial charge in [0.05, 0.1) is 5.69 Å². The van der Waals surface area contributed by atoms with E-state index in [1.807, 2.05) is 24.0 Å². The molecular formula is C15H19BrN2O2. The van der Waals surface area contributed by atoms with Crippen LogP contribution in [0.5, 0.6) is 0 Å². The van der Waals surface area contributed by atoms with Crippen molar-refractivity contribution in [2.75, 3.05) is 18.4 Å². The van der Waals surface area contributed by atoms with Crippen LogP contribution in [0.25, 0.3) is 0 Å². The molecule has 0 aliphatic carbocycles. The predicted octanol–water partition coefficient (Wildman–Crippen LogP) is 2.59. The van der Waals surface area contributed by atoms with Crippen molar-refractivity contribution in [3.05, 3.63) is 27.7 Å². The molecule has 1 aromatic rings. The third-order valence-electron chi connectivity index (χ3n) is 4.35. The Hall–Kier alpha value is -0.910. The summed E-state index contributed by atoms with van der Waals surface area (Å²) < 4.78 is 0.883. The second-order valence-corrected chi connectivity index (χ2v) is 6.88. The molecule has 0 spiro atoms. The van der Waals surface area contributed by atoms with E-state index in [2.05, 4.69) is 28.2 Å². The largest absolute Gasteiger partial charge is 0.364 e. The first-order chi connectivity index (χ1) is 9.42. The number of aliphatic hydroxyl groups is 1. The molecule has 2 aliphatic heterocycles. The molecule has 2 atom stereocenters. The maximum absolute atomic E-state index is 12.4. The molecule has 4 nitrogen and oxygen atoms in total. The van der Waals surface area contributed by atoms with Crippen molar-refractivity contribution in [1.82, 2.24) is 4.90 Å². The van der Waals surface area contributed by atoms with Crippen molar-refractivity contribution in [3.8, 4) is 0 Å². The summed E-state index contributed by atoms with van der Waals surface area (Å²) in [5.74, 6) is 0.167. The van der Waals surface area contributed by atoms with Crippen LogP contribution in [-0.2, 0) is 10.5 Å². The molecule has 1 fully saturated rings. The van der Waals surface area contributed by atoms with Gasteiger partial charge < -0.3 is 10.4 Å². The minimum atomic E-state index is -1.53. The summed E-state index contributed by atoms with van der Waals surface area (Å²) in [6.45, 7) is 5.60. The number of piperidine rings is 1. The minimum absolute atomic E-state index is 0.331. The number of likely N-dealkylation sites (tertiary alicyclic amines) is 1. The molecule has 1 saturated heterocycles. The molecule has 5 heteroatoms. The number of benzene rings is 1. The van der Waals surface area contributed by atoms with Gasteiger partial charge in [-0.2, -0.15) is 0 Å². The second kappa shape index (κ2) is 4.83. The number of nitrogens with one attached hydrogen (secondary N) is 1. The van der Waals surface area contributed by atoms with E-state index in [4.69, 9.17) is 0 Å². The Morgan fingerprint density at radius 2 is 2.25 bits per heavy atom. The Labute approximate surface area is 127 Å². The molecule has 2 N–H and O–H groups in total. The highest BCUT2D eigenvalue weighted by molar-refractivity contribution is 9.10. The van der Waals surface area contributed by atoms with Crippen LogP contribution in [0.2, 0.25) is 0 Å². The predicted molar refractivity (Wildman–Crippen MR) is 81.4 cm³/mol. The molecule has 108 valence electrons. The molecule has 2 aliphatic rings. The number of halogens is 1. The Bertz CT molecular complexity index is 575. The number of hydrogen-bond donors (Lipinski definition) is 2. The van der Waals surface area contributed by atoms with Gasteiger partial charge in [-0.15, -0.1) is 0 Å². The highest BCUT2D eigenvalue weighted by Crippen LogP contribution is 2.43. The first kappa shape index (κ1) is 14.0. The van der Waals surface area contributed by atoms with Gasteiger partial charge in [0.25, 0.3) is 5.91 Å². The van der Waals surface area contributed by atoms with Crippen LogP contribution in [0.4, 0.5) is 5.69 Å². The van der Waals surface area contributed by atoms with E-state index < -0.39 is 5.72 Å². The number of amides is 1. The Balaban J connectivity index is 2.08. The average molecular weight is 339 g/mol. The summed E-state index contributed by atoms with van der Waals surface area (Å²) in [7, 11) is 0. The lowest BCUT2D eigenvalue weighted by Crippen LogP contribution is -2.54. The zero-order chi connectivity index (χ0) is 14.5. The number of fused-ring (bicyclic) bond motifs is 1. The van der Waals surface area contributed by atoms with E-state index in [0.29, 0.717) is 11.5 Å². The first-order valence-corrected chi connectivity index (χ1v) is 7.81. The number of nitrogens with zero attached hydrogens (tertiary/aromatic N) is 1. The summed E-state index contributed by atoms with van der Waals surface area (Å²) in [4.78, 5) is 14.3. The lowest BCUT2D eigenvalue weighted by molar-refractivity contribution is -0.163. The van der Waals surface area contributed by atoms with E-state index >= 15 is 0 Å². The monoisotopic (exact) mass is 338 g/mol. The number of carbonyl (C=O) groups is 1. The summed E-state index contributed by atoms with van der Waals surface area (Å²) in [5, 5.41) is 13.9. The molecule has 0 unspecified atom stereocenters. The van der Waals surface area contributed by atoms with Crippen molar-refractivity contribution in [1.29, 1.82) is 0 Å². The van der Waals surface area contributed by atoms with E-state index in [1.165, 1.54) is 0 Å². The lowest BCUT2D eigenvalue weighted by Gasteiger charge is -2.40. The van der Waals surface area contributed by atoms with Crippen molar-refractivity contribution in [2.45, 2.75) is 32.4 Å². The topological polar surface area (TPSA) is 52.6 Å². The maximum Gasteiger partial charge on any atom is 0.276 e. The Kier molecular flexibility index (Phi) is 3.39. The van der Waals surface area contributed by atoms with Gasteiger partial charge in [-0.25, -0.2) is 0 Å². The summed E-state index contributed by atoms with van der Waals surface area (Å²) in [6, 6.07) is 3.79. The molecule has 3 rings (SSSR count). The van der Waals surface area contributed by atoms with Gasteiger partial charge in [0.1, 0.15) is 0 Å².